The minimum atomic E-state index is -0.150. The van der Waals surface area contributed by atoms with Gasteiger partial charge < -0.3 is 50.5 Å². The molecular weight excluding hydrogens is 977 g/mol. The zero-order valence-corrected chi connectivity index (χ0v) is 40.2. The molecule has 0 atom stereocenters. The summed E-state index contributed by atoms with van der Waals surface area (Å²) in [5, 5.41) is 64.4. The van der Waals surface area contributed by atoms with Crippen LogP contribution in [0.1, 0.15) is 49.9 Å². The second-order valence-corrected chi connectivity index (χ2v) is 14.6. The summed E-state index contributed by atoms with van der Waals surface area (Å²) in [5.41, 5.74) is 2.06. The minimum Gasteiger partial charge on any atom is -0.872 e. The van der Waals surface area contributed by atoms with E-state index in [1.807, 2.05) is 52.0 Å². The van der Waals surface area contributed by atoms with Crippen LogP contribution in [0, 0.1) is 31.1 Å². The van der Waals surface area contributed by atoms with Crippen LogP contribution in [-0.4, -0.2) is 102 Å². The normalized spacial score (nSPS) is 10.1. The van der Waals surface area contributed by atoms with Crippen LogP contribution in [-0.2, 0) is 59.4 Å². The van der Waals surface area contributed by atoms with Crippen LogP contribution in [0.5, 0.6) is 23.0 Å². The Balaban J connectivity index is -0.000000268. The number of hydrogen-bond acceptors (Lipinski definition) is 16. The third-order valence-corrected chi connectivity index (χ3v) is 7.10. The molecule has 0 spiro atoms. The molecule has 4 aromatic rings. The van der Waals surface area contributed by atoms with E-state index in [9.17, 15) is 30.0 Å². The Morgan fingerprint density at radius 3 is 0.738 bits per heavy atom. The average molecular weight is 1030 g/mol. The van der Waals surface area contributed by atoms with E-state index in [4.69, 9.17) is 20.2 Å². The number of amides is 2. The van der Waals surface area contributed by atoms with Crippen molar-refractivity contribution in [2.75, 3.05) is 54.4 Å². The van der Waals surface area contributed by atoms with Crippen molar-refractivity contribution in [3.63, 3.8) is 0 Å². The van der Waals surface area contributed by atoms with Crippen LogP contribution in [0.2, 0.25) is 0 Å². The van der Waals surface area contributed by atoms with E-state index in [-0.39, 0.29) is 83.6 Å². The van der Waals surface area contributed by atoms with Gasteiger partial charge in [0.2, 0.25) is 12.8 Å². The van der Waals surface area contributed by atoms with Crippen molar-refractivity contribution in [1.29, 1.82) is 0 Å². The van der Waals surface area contributed by atoms with Crippen LogP contribution in [0.15, 0.2) is 128 Å². The van der Waals surface area contributed by atoms with Crippen molar-refractivity contribution in [2.45, 2.75) is 27.7 Å². The Bertz CT molecular complexity index is 1740. The monoisotopic (exact) mass is 1030 g/mol. The fourth-order valence-corrected chi connectivity index (χ4v) is 4.01. The van der Waals surface area contributed by atoms with Gasteiger partial charge >= 0.3 is 49.8 Å². The first kappa shape index (κ1) is 68.1. The first-order chi connectivity index (χ1) is 29.3. The zero-order valence-electron chi connectivity index (χ0n) is 37.2. The van der Waals surface area contributed by atoms with E-state index >= 15 is 0 Å². The molecule has 18 nitrogen and oxygen atoms in total. The van der Waals surface area contributed by atoms with Crippen LogP contribution in [0.3, 0.4) is 0 Å². The summed E-state index contributed by atoms with van der Waals surface area (Å²) in [6.07, 6.45) is 7.95. The van der Waals surface area contributed by atoms with Gasteiger partial charge in [-0.05, 0) is 22.3 Å². The smallest absolute Gasteiger partial charge is 0.872 e. The van der Waals surface area contributed by atoms with E-state index in [1.165, 1.54) is 34.1 Å². The van der Waals surface area contributed by atoms with Gasteiger partial charge in [0.05, 0.1) is 0 Å². The van der Waals surface area contributed by atoms with Gasteiger partial charge in [-0.15, -0.1) is 33.7 Å². The predicted octanol–water partition coefficient (Wildman–Crippen LogP) is 4.70. The van der Waals surface area contributed by atoms with Crippen molar-refractivity contribution in [3.05, 3.63) is 140 Å². The predicted molar refractivity (Wildman–Crippen MR) is 239 cm³/mol. The fraction of sp³-hybridized carbons (Fsp3) is 0.318. The maximum atomic E-state index is 11.6. The number of aliphatic imine (C=N–C) groups is 4. The summed E-state index contributed by atoms with van der Waals surface area (Å²) in [7, 11) is 6.75. The quantitative estimate of drug-likeness (QED) is 0.0552. The van der Waals surface area contributed by atoms with E-state index in [2.05, 4.69) is 20.0 Å². The molecule has 0 unspecified atom stereocenters. The molecule has 0 fully saturated rings. The van der Waals surface area contributed by atoms with Gasteiger partial charge in [-0.25, -0.2) is 0 Å². The molecule has 0 saturated carbocycles. The van der Waals surface area contributed by atoms with Gasteiger partial charge in [-0.3, -0.25) is 29.6 Å². The Morgan fingerprint density at radius 1 is 0.446 bits per heavy atom. The molecule has 0 aliphatic rings. The summed E-state index contributed by atoms with van der Waals surface area (Å²) in [6.45, 7) is 10.4. The molecule has 2 amide bonds. The number of nitrogens with zero attached hydrogens (tertiary/aromatic N) is 8. The average Bonchev–Trinajstić information content (AvgIpc) is 3.22. The maximum absolute atomic E-state index is 11.6. The third kappa shape index (κ3) is 37.1. The van der Waals surface area contributed by atoms with Crippen molar-refractivity contribution in [1.82, 2.24) is 9.80 Å². The van der Waals surface area contributed by atoms with Gasteiger partial charge in [0.15, 0.2) is 0 Å². The number of para-hydroxylation sites is 4. The number of carbonyl (C=O) groups is 2. The van der Waals surface area contributed by atoms with Gasteiger partial charge in [0, 0.05) is 90.1 Å². The van der Waals surface area contributed by atoms with E-state index in [0.717, 1.165) is 23.5 Å². The second-order valence-electron chi connectivity index (χ2n) is 14.6. The fourth-order valence-electron chi connectivity index (χ4n) is 4.01. The number of rotatable bonds is 14. The van der Waals surface area contributed by atoms with Crippen LogP contribution in [0.4, 0.5) is 0 Å². The Labute approximate surface area is 411 Å². The molecule has 0 heterocycles. The molecule has 359 valence electrons. The maximum Gasteiger partial charge on any atom is 2.00 e. The van der Waals surface area contributed by atoms with Crippen molar-refractivity contribution >= 4 is 37.7 Å². The van der Waals surface area contributed by atoms with Crippen LogP contribution >= 0.6 is 0 Å². The number of hydrogen-bond donors (Lipinski definition) is 0. The summed E-state index contributed by atoms with van der Waals surface area (Å²) < 4.78 is 0. The van der Waals surface area contributed by atoms with E-state index in [1.54, 1.807) is 102 Å². The van der Waals surface area contributed by atoms with E-state index < -0.39 is 0 Å². The standard InChI is InChI=1S/2C19H22N2O2.2C3H7NO.Co.2HNO2.2Ni/c2*1-19(2,13-20-11-15-7-3-5-9-17(15)22)14-21-12-16-8-4-6-10-18(16)23;2*1-4(2)3-5;;2*2-1-3;;/h2*3-12,22-23H,13-14H2,1-2H3;2*3H,1-2H3;;2*(H,2,3);;/q;;;;+2;;;2*+2/p-6. The van der Waals surface area contributed by atoms with Gasteiger partial charge in [0.1, 0.15) is 0 Å². The van der Waals surface area contributed by atoms with Crippen LogP contribution in [0.25, 0.3) is 0 Å². The molecule has 0 aliphatic carbocycles. The number of benzene rings is 4. The topological polar surface area (TPSA) is 287 Å². The molecule has 1 radical (unpaired) electrons. The Kier molecular flexibility index (Phi) is 42.7. The molecule has 0 aliphatic heterocycles. The first-order valence-electron chi connectivity index (χ1n) is 18.5. The van der Waals surface area contributed by atoms with Gasteiger partial charge in [-0.1, -0.05) is 125 Å². The van der Waals surface area contributed by atoms with Crippen LogP contribution < -0.4 is 20.4 Å². The summed E-state index contributed by atoms with van der Waals surface area (Å²) in [5.74, 6) is -0.114. The molecule has 4 rings (SSSR count). The van der Waals surface area contributed by atoms with Crippen molar-refractivity contribution in [3.8, 4) is 23.0 Å². The summed E-state index contributed by atoms with van der Waals surface area (Å²) >= 11 is 0. The van der Waals surface area contributed by atoms with Gasteiger partial charge in [-0.2, -0.15) is 0 Å². The molecule has 0 saturated heterocycles. The zero-order chi connectivity index (χ0) is 47.4. The van der Waals surface area contributed by atoms with Crippen molar-refractivity contribution in [2.24, 2.45) is 41.5 Å². The minimum absolute atomic E-state index is 0. The summed E-state index contributed by atoms with van der Waals surface area (Å²) in [4.78, 5) is 55.2. The third-order valence-electron chi connectivity index (χ3n) is 7.10. The van der Waals surface area contributed by atoms with E-state index in [0.29, 0.717) is 48.4 Å². The molecule has 0 aromatic heterocycles. The number of carbonyl (C=O) groups excluding carboxylic acids is 2. The molecule has 65 heavy (non-hydrogen) atoms. The molecule has 21 heteroatoms. The largest absolute Gasteiger partial charge is 2.00 e. The van der Waals surface area contributed by atoms with Gasteiger partial charge in [0.25, 0.3) is 0 Å². The van der Waals surface area contributed by atoms with Crippen molar-refractivity contribution < 1.29 is 79.8 Å². The first-order valence-corrected chi connectivity index (χ1v) is 18.5. The molecular formula is C44H54CoN8Ni2O10. The Hall–Kier alpha value is -6.01. The second kappa shape index (κ2) is 40.7. The molecule has 0 bridgehead atoms. The molecule has 0 N–H and O–H groups in total. The summed E-state index contributed by atoms with van der Waals surface area (Å²) in [6, 6.07) is 27.2. The SMILES string of the molecule is CC(C)(CN=Cc1ccccc1[O-])CN=Cc1ccccc1[O-].CC(C)(CN=Cc1ccccc1[O-])CN=Cc1ccccc1[O-].CN(C)C=O.CN(C)C=O.O=N[O-].O=N[O-].[Co+2].[Ni+2].[Ni+2]. The Morgan fingerprint density at radius 2 is 0.600 bits per heavy atom. The molecule has 4 aromatic carbocycles.